The number of pyridine rings is 1. The Labute approximate surface area is 183 Å². The molecule has 0 radical (unpaired) electrons. The van der Waals surface area contributed by atoms with E-state index in [9.17, 15) is 9.18 Å². The molecule has 0 N–H and O–H groups in total. The summed E-state index contributed by atoms with van der Waals surface area (Å²) in [7, 11) is 1.35. The maximum atomic E-state index is 14.8. The molecule has 4 aromatic rings. The first-order chi connectivity index (χ1) is 15.1. The lowest BCUT2D eigenvalue weighted by Crippen LogP contribution is -2.12. The molecule has 4 nitrogen and oxygen atoms in total. The number of fused-ring (bicyclic) bond motifs is 1. The highest BCUT2D eigenvalue weighted by molar-refractivity contribution is 7.21. The van der Waals surface area contributed by atoms with Crippen LogP contribution >= 0.6 is 11.3 Å². The smallest absolute Gasteiger partial charge is 0.305 e. The number of aryl methyl sites for hydroxylation is 1. The number of hydrogen-bond donors (Lipinski definition) is 0. The van der Waals surface area contributed by atoms with Crippen molar-refractivity contribution in [1.29, 1.82) is 0 Å². The van der Waals surface area contributed by atoms with Crippen molar-refractivity contribution in [1.82, 2.24) is 9.97 Å². The van der Waals surface area contributed by atoms with E-state index in [4.69, 9.17) is 4.98 Å². The highest BCUT2D eigenvalue weighted by Crippen LogP contribution is 2.45. The minimum Gasteiger partial charge on any atom is -0.469 e. The quantitative estimate of drug-likeness (QED) is 0.301. The summed E-state index contributed by atoms with van der Waals surface area (Å²) >= 11 is 1.38. The maximum absolute atomic E-state index is 14.8. The van der Waals surface area contributed by atoms with E-state index in [1.807, 2.05) is 36.4 Å². The van der Waals surface area contributed by atoms with Gasteiger partial charge in [-0.25, -0.2) is 14.4 Å². The number of nitrogens with zero attached hydrogens (tertiary/aromatic N) is 2. The van der Waals surface area contributed by atoms with Crippen molar-refractivity contribution in [3.8, 4) is 10.6 Å². The first-order valence-corrected chi connectivity index (χ1v) is 10.8. The summed E-state index contributed by atoms with van der Waals surface area (Å²) in [6.45, 7) is 0. The number of methoxy groups -OCH3 is 1. The third-order valence-electron chi connectivity index (χ3n) is 5.54. The fourth-order valence-corrected chi connectivity index (χ4v) is 4.67. The third kappa shape index (κ3) is 3.64. The Bertz CT molecular complexity index is 1310. The number of halogens is 1. The molecule has 1 aliphatic rings. The average Bonchev–Trinajstić information content (AvgIpc) is 3.51. The molecule has 31 heavy (non-hydrogen) atoms. The molecule has 0 bridgehead atoms. The standard InChI is InChI=1S/C25H19FN2O2S/c1-30-22(29)12-8-16-7-9-18(19(26)15-16)23-27-20-10-11-21(28-24(20)31-23)25(13-14-25)17-5-3-2-4-6-17/h2-7,9-11,13-15H,8,12H2,1H3. The summed E-state index contributed by atoms with van der Waals surface area (Å²) in [6.07, 6.45) is 4.94. The van der Waals surface area contributed by atoms with Crippen LogP contribution in [0.5, 0.6) is 0 Å². The minimum absolute atomic E-state index is 0.223. The van der Waals surface area contributed by atoms with Crippen LogP contribution in [0.15, 0.2) is 72.8 Å². The monoisotopic (exact) mass is 430 g/mol. The number of benzene rings is 2. The molecule has 0 unspecified atom stereocenters. The van der Waals surface area contributed by atoms with Crippen LogP contribution in [0.25, 0.3) is 20.9 Å². The number of ether oxygens (including phenoxy) is 1. The number of aromatic nitrogens is 2. The molecule has 0 amide bonds. The molecule has 0 aliphatic heterocycles. The van der Waals surface area contributed by atoms with Gasteiger partial charge in [-0.2, -0.15) is 0 Å². The third-order valence-corrected chi connectivity index (χ3v) is 6.54. The number of rotatable bonds is 6. The number of hydrogen-bond acceptors (Lipinski definition) is 5. The Morgan fingerprint density at radius 3 is 2.58 bits per heavy atom. The van der Waals surface area contributed by atoms with Crippen molar-refractivity contribution in [2.24, 2.45) is 0 Å². The Morgan fingerprint density at radius 1 is 1.06 bits per heavy atom. The zero-order valence-electron chi connectivity index (χ0n) is 16.8. The molecule has 154 valence electrons. The Morgan fingerprint density at radius 2 is 1.87 bits per heavy atom. The molecule has 6 heteroatoms. The number of thiazole rings is 1. The summed E-state index contributed by atoms with van der Waals surface area (Å²) in [6, 6.07) is 19.2. The summed E-state index contributed by atoms with van der Waals surface area (Å²) in [5.74, 6) is -0.665. The highest BCUT2D eigenvalue weighted by Gasteiger charge is 2.39. The van der Waals surface area contributed by atoms with Gasteiger partial charge >= 0.3 is 5.97 Å². The molecular formula is C25H19FN2O2S. The van der Waals surface area contributed by atoms with Gasteiger partial charge in [0, 0.05) is 12.0 Å². The first kappa shape index (κ1) is 19.6. The van der Waals surface area contributed by atoms with Gasteiger partial charge in [0.25, 0.3) is 0 Å². The van der Waals surface area contributed by atoms with E-state index in [1.165, 1.54) is 30.1 Å². The van der Waals surface area contributed by atoms with E-state index < -0.39 is 0 Å². The van der Waals surface area contributed by atoms with Gasteiger partial charge < -0.3 is 4.74 Å². The normalized spacial score (nSPS) is 14.0. The number of esters is 1. The predicted molar refractivity (Wildman–Crippen MR) is 120 cm³/mol. The fourth-order valence-electron chi connectivity index (χ4n) is 3.71. The van der Waals surface area contributed by atoms with Crippen molar-refractivity contribution in [3.63, 3.8) is 0 Å². The molecule has 5 rings (SSSR count). The summed E-state index contributed by atoms with van der Waals surface area (Å²) < 4.78 is 19.4. The topological polar surface area (TPSA) is 52.1 Å². The van der Waals surface area contributed by atoms with Crippen molar-refractivity contribution in [2.45, 2.75) is 18.3 Å². The first-order valence-electron chi connectivity index (χ1n) is 9.99. The van der Waals surface area contributed by atoms with Crippen LogP contribution in [0, 0.1) is 5.82 Å². The Hall–Kier alpha value is -3.38. The minimum atomic E-state index is -0.355. The van der Waals surface area contributed by atoms with Gasteiger partial charge in [0.1, 0.15) is 21.2 Å². The SMILES string of the molecule is COC(=O)CCc1ccc(-c2nc3ccc(C4(c5ccccc5)C=C4)nc3s2)c(F)c1. The van der Waals surface area contributed by atoms with Crippen LogP contribution in [0.3, 0.4) is 0 Å². The Kier molecular flexibility index (Phi) is 4.87. The number of carbonyl (C=O) groups is 1. The van der Waals surface area contributed by atoms with Gasteiger partial charge in [0.05, 0.1) is 18.2 Å². The predicted octanol–water partition coefficient (Wildman–Crippen LogP) is 5.46. The average molecular weight is 431 g/mol. The summed E-state index contributed by atoms with van der Waals surface area (Å²) in [5.41, 5.74) is 3.81. The summed E-state index contributed by atoms with van der Waals surface area (Å²) in [4.78, 5) is 21.6. The molecule has 2 heterocycles. The second-order valence-electron chi connectivity index (χ2n) is 7.50. The number of allylic oxidation sites excluding steroid dienone is 2. The Balaban J connectivity index is 1.44. The second-order valence-corrected chi connectivity index (χ2v) is 8.48. The van der Waals surface area contributed by atoms with E-state index in [0.717, 1.165) is 21.6 Å². The van der Waals surface area contributed by atoms with Crippen LogP contribution in [0.1, 0.15) is 23.2 Å². The molecule has 0 saturated heterocycles. The lowest BCUT2D eigenvalue weighted by Gasteiger charge is -2.15. The van der Waals surface area contributed by atoms with Crippen molar-refractivity contribution < 1.29 is 13.9 Å². The van der Waals surface area contributed by atoms with Crippen LogP contribution in [-0.4, -0.2) is 23.0 Å². The zero-order chi connectivity index (χ0) is 21.4. The lowest BCUT2D eigenvalue weighted by atomic mass is 9.89. The van der Waals surface area contributed by atoms with Gasteiger partial charge in [-0.1, -0.05) is 59.9 Å². The maximum Gasteiger partial charge on any atom is 0.305 e. The van der Waals surface area contributed by atoms with Gasteiger partial charge in [-0.15, -0.1) is 0 Å². The van der Waals surface area contributed by atoms with Crippen molar-refractivity contribution in [2.75, 3.05) is 7.11 Å². The van der Waals surface area contributed by atoms with E-state index in [0.29, 0.717) is 17.0 Å². The lowest BCUT2D eigenvalue weighted by molar-refractivity contribution is -0.140. The van der Waals surface area contributed by atoms with E-state index in [-0.39, 0.29) is 23.6 Å². The van der Waals surface area contributed by atoms with Gasteiger partial charge in [-0.3, -0.25) is 4.79 Å². The summed E-state index contributed by atoms with van der Waals surface area (Å²) in [5, 5.41) is 0.592. The molecule has 0 atom stereocenters. The van der Waals surface area contributed by atoms with Crippen LogP contribution in [-0.2, 0) is 21.4 Å². The van der Waals surface area contributed by atoms with E-state index in [1.54, 1.807) is 6.07 Å². The largest absolute Gasteiger partial charge is 0.469 e. The van der Waals surface area contributed by atoms with Crippen LogP contribution < -0.4 is 0 Å². The fraction of sp³-hybridized carbons (Fsp3) is 0.160. The van der Waals surface area contributed by atoms with E-state index in [2.05, 4.69) is 34.0 Å². The molecule has 2 aromatic carbocycles. The molecule has 0 saturated carbocycles. The molecular weight excluding hydrogens is 411 g/mol. The highest BCUT2D eigenvalue weighted by atomic mass is 32.1. The van der Waals surface area contributed by atoms with Gasteiger partial charge in [0.15, 0.2) is 0 Å². The van der Waals surface area contributed by atoms with E-state index >= 15 is 0 Å². The van der Waals surface area contributed by atoms with Gasteiger partial charge in [-0.05, 0) is 41.8 Å². The van der Waals surface area contributed by atoms with Crippen LogP contribution in [0.4, 0.5) is 4.39 Å². The van der Waals surface area contributed by atoms with Gasteiger partial charge in [0.2, 0.25) is 0 Å². The molecule has 0 spiro atoms. The second kappa shape index (κ2) is 7.71. The molecule has 2 aromatic heterocycles. The van der Waals surface area contributed by atoms with Crippen molar-refractivity contribution >= 4 is 27.7 Å². The zero-order valence-corrected chi connectivity index (χ0v) is 17.7. The van der Waals surface area contributed by atoms with Crippen molar-refractivity contribution in [3.05, 3.63) is 95.5 Å². The van der Waals surface area contributed by atoms with Crippen LogP contribution in [0.2, 0.25) is 0 Å². The molecule has 0 fully saturated rings. The molecule has 1 aliphatic carbocycles. The number of carbonyl (C=O) groups excluding carboxylic acids is 1.